The Morgan fingerprint density at radius 2 is 0.667 bits per heavy atom. The summed E-state index contributed by atoms with van der Waals surface area (Å²) in [5, 5.41) is 9.74. The predicted molar refractivity (Wildman–Crippen MR) is 247 cm³/mol. The van der Waals surface area contributed by atoms with Gasteiger partial charge in [-0.25, -0.2) is 14.4 Å². The van der Waals surface area contributed by atoms with Gasteiger partial charge in [-0.2, -0.15) is 15.0 Å². The Hall–Kier alpha value is -5.52. The predicted octanol–water partition coefficient (Wildman–Crippen LogP) is 12.2. The standard InChI is InChI=1S/C51H66N6O6/c1-31-22-40(28-49(4,5)25-31)61-43(58)34-10-16-37(17-11-34)52-46-55-47(53-38-18-12-35(13-19-38)44(59)62-41-23-32(2)26-50(6,7)29-41)57-48(56-46)54-39-20-14-36(15-21-39)45(60)63-42-24-33(3)27-51(8,9)30-42/h10-21,31-33,40-42H,22-30H2,1-9H3,(H3,52,53,54,55,56,57). The molecule has 0 saturated heterocycles. The van der Waals surface area contributed by atoms with E-state index < -0.39 is 0 Å². The second kappa shape index (κ2) is 18.7. The highest BCUT2D eigenvalue weighted by Crippen LogP contribution is 2.42. The highest BCUT2D eigenvalue weighted by Gasteiger charge is 2.36. The number of nitrogens with one attached hydrogen (secondary N) is 3. The average molecular weight is 859 g/mol. The third-order valence-electron chi connectivity index (χ3n) is 12.6. The van der Waals surface area contributed by atoms with Crippen molar-refractivity contribution in [1.82, 2.24) is 15.0 Å². The normalized spacial score (nSPS) is 24.9. The number of hydrogen-bond donors (Lipinski definition) is 3. The third kappa shape index (κ3) is 12.8. The summed E-state index contributed by atoms with van der Waals surface area (Å²) in [7, 11) is 0. The Bertz CT molecular complexity index is 1980. The Morgan fingerprint density at radius 1 is 0.429 bits per heavy atom. The summed E-state index contributed by atoms with van der Waals surface area (Å²) in [6.45, 7) is 20.0. The lowest BCUT2D eigenvalue weighted by Gasteiger charge is -2.38. The molecule has 0 spiro atoms. The van der Waals surface area contributed by atoms with E-state index in [4.69, 9.17) is 14.2 Å². The van der Waals surface area contributed by atoms with Crippen LogP contribution in [0.15, 0.2) is 72.8 Å². The Labute approximate surface area is 373 Å². The second-order valence-corrected chi connectivity index (χ2v) is 21.2. The van der Waals surface area contributed by atoms with Gasteiger partial charge in [-0.05, 0) is 165 Å². The number of carbonyl (C=O) groups is 3. The number of anilines is 6. The molecule has 3 N–H and O–H groups in total. The molecule has 0 amide bonds. The largest absolute Gasteiger partial charge is 0.459 e. The fourth-order valence-corrected chi connectivity index (χ4v) is 10.7. The van der Waals surface area contributed by atoms with E-state index in [1.807, 2.05) is 0 Å². The minimum Gasteiger partial charge on any atom is -0.459 e. The quantitative estimate of drug-likeness (QED) is 0.0917. The monoisotopic (exact) mass is 859 g/mol. The molecule has 336 valence electrons. The first-order valence-corrected chi connectivity index (χ1v) is 22.7. The van der Waals surface area contributed by atoms with Crippen LogP contribution in [-0.2, 0) is 14.2 Å². The summed E-state index contributed by atoms with van der Waals surface area (Å²) < 4.78 is 17.9. The number of benzene rings is 3. The van der Waals surface area contributed by atoms with Crippen LogP contribution in [0.2, 0.25) is 0 Å². The van der Waals surface area contributed by atoms with Crippen molar-refractivity contribution in [1.29, 1.82) is 0 Å². The van der Waals surface area contributed by atoms with Crippen molar-refractivity contribution in [2.45, 2.75) is 138 Å². The van der Waals surface area contributed by atoms with Crippen molar-refractivity contribution in [2.75, 3.05) is 16.0 Å². The molecule has 0 bridgehead atoms. The maximum Gasteiger partial charge on any atom is 0.338 e. The molecule has 63 heavy (non-hydrogen) atoms. The molecule has 6 unspecified atom stereocenters. The molecule has 12 heteroatoms. The van der Waals surface area contributed by atoms with E-state index >= 15 is 0 Å². The molecule has 4 aromatic rings. The van der Waals surface area contributed by atoms with Gasteiger partial charge in [0.15, 0.2) is 0 Å². The van der Waals surface area contributed by atoms with Crippen LogP contribution in [-0.4, -0.2) is 51.2 Å². The van der Waals surface area contributed by atoms with Crippen LogP contribution >= 0.6 is 0 Å². The minimum atomic E-state index is -0.340. The summed E-state index contributed by atoms with van der Waals surface area (Å²) in [5.74, 6) is 1.17. The summed E-state index contributed by atoms with van der Waals surface area (Å²) >= 11 is 0. The number of esters is 3. The molecule has 1 aromatic heterocycles. The lowest BCUT2D eigenvalue weighted by atomic mass is 9.71. The van der Waals surface area contributed by atoms with Gasteiger partial charge >= 0.3 is 17.9 Å². The first-order valence-electron chi connectivity index (χ1n) is 22.7. The summed E-state index contributed by atoms with van der Waals surface area (Å²) in [6.07, 6.45) is 8.17. The lowest BCUT2D eigenvalue weighted by molar-refractivity contribution is -0.00822. The highest BCUT2D eigenvalue weighted by atomic mass is 16.6. The van der Waals surface area contributed by atoms with Gasteiger partial charge in [-0.1, -0.05) is 62.3 Å². The Balaban J connectivity index is 1.05. The topological polar surface area (TPSA) is 154 Å². The number of ether oxygens (including phenoxy) is 3. The molecule has 3 fully saturated rings. The van der Waals surface area contributed by atoms with Crippen molar-refractivity contribution in [3.05, 3.63) is 89.5 Å². The van der Waals surface area contributed by atoms with E-state index in [1.165, 1.54) is 0 Å². The average Bonchev–Trinajstić information content (AvgIpc) is 3.16. The molecule has 0 radical (unpaired) electrons. The van der Waals surface area contributed by atoms with Gasteiger partial charge in [0, 0.05) is 17.1 Å². The first-order chi connectivity index (χ1) is 29.7. The number of rotatable bonds is 12. The fraction of sp³-hybridized carbons (Fsp3) is 0.529. The van der Waals surface area contributed by atoms with Crippen molar-refractivity contribution < 1.29 is 28.6 Å². The van der Waals surface area contributed by atoms with Gasteiger partial charge in [-0.15, -0.1) is 0 Å². The van der Waals surface area contributed by atoms with Crippen LogP contribution in [0, 0.1) is 34.0 Å². The number of aromatic nitrogens is 3. The van der Waals surface area contributed by atoms with E-state index in [2.05, 4.69) is 93.2 Å². The lowest BCUT2D eigenvalue weighted by Crippen LogP contribution is -2.34. The molecule has 0 aliphatic heterocycles. The molecule has 3 aliphatic carbocycles. The molecule has 7 rings (SSSR count). The maximum atomic E-state index is 13.2. The maximum absolute atomic E-state index is 13.2. The zero-order chi connectivity index (χ0) is 45.1. The van der Waals surface area contributed by atoms with Crippen molar-refractivity contribution in [3.63, 3.8) is 0 Å². The van der Waals surface area contributed by atoms with Crippen molar-refractivity contribution in [3.8, 4) is 0 Å². The number of hydrogen-bond acceptors (Lipinski definition) is 12. The molecule has 3 saturated carbocycles. The highest BCUT2D eigenvalue weighted by molar-refractivity contribution is 5.91. The van der Waals surface area contributed by atoms with Crippen molar-refractivity contribution >= 4 is 52.8 Å². The molecule has 1 heterocycles. The van der Waals surface area contributed by atoms with Crippen LogP contribution in [0.4, 0.5) is 34.9 Å². The van der Waals surface area contributed by atoms with Gasteiger partial charge < -0.3 is 30.2 Å². The van der Waals surface area contributed by atoms with E-state index in [1.54, 1.807) is 72.8 Å². The summed E-state index contributed by atoms with van der Waals surface area (Å²) in [4.78, 5) is 53.4. The van der Waals surface area contributed by atoms with Crippen LogP contribution in [0.25, 0.3) is 0 Å². The molecule has 6 atom stereocenters. The molecular weight excluding hydrogens is 793 g/mol. The summed E-state index contributed by atoms with van der Waals surface area (Å²) in [6, 6.07) is 21.1. The minimum absolute atomic E-state index is 0.109. The van der Waals surface area contributed by atoms with Gasteiger partial charge in [0.1, 0.15) is 18.3 Å². The SMILES string of the molecule is CC1CC(OC(=O)c2ccc(Nc3nc(Nc4ccc(C(=O)OC5CC(C)CC(C)(C)C5)cc4)nc(Nc4ccc(C(=O)OC5CC(C)CC(C)(C)C5)cc4)n3)cc2)CC(C)(C)C1. The van der Waals surface area contributed by atoms with Crippen LogP contribution < -0.4 is 16.0 Å². The van der Waals surface area contributed by atoms with Crippen LogP contribution in [0.5, 0.6) is 0 Å². The zero-order valence-corrected chi connectivity index (χ0v) is 38.5. The van der Waals surface area contributed by atoms with E-state index in [0.29, 0.717) is 51.5 Å². The Morgan fingerprint density at radius 3 is 0.889 bits per heavy atom. The zero-order valence-electron chi connectivity index (χ0n) is 38.5. The van der Waals surface area contributed by atoms with Crippen molar-refractivity contribution in [2.24, 2.45) is 34.0 Å². The van der Waals surface area contributed by atoms with Crippen LogP contribution in [0.1, 0.15) is 151 Å². The third-order valence-corrected chi connectivity index (χ3v) is 12.6. The molecule has 3 aromatic carbocycles. The van der Waals surface area contributed by atoms with Crippen LogP contribution in [0.3, 0.4) is 0 Å². The van der Waals surface area contributed by atoms with Gasteiger partial charge in [0.05, 0.1) is 16.7 Å². The first kappa shape index (κ1) is 45.5. The van der Waals surface area contributed by atoms with Gasteiger partial charge in [-0.3, -0.25) is 0 Å². The number of carbonyl (C=O) groups excluding carboxylic acids is 3. The molecule has 3 aliphatic rings. The second-order valence-electron chi connectivity index (χ2n) is 21.2. The summed E-state index contributed by atoms with van der Waals surface area (Å²) in [5.41, 5.74) is 3.74. The van der Waals surface area contributed by atoms with E-state index in [0.717, 1.165) is 57.8 Å². The molecular formula is C51H66N6O6. The smallest absolute Gasteiger partial charge is 0.338 e. The fourth-order valence-electron chi connectivity index (χ4n) is 10.7. The van der Waals surface area contributed by atoms with E-state index in [9.17, 15) is 14.4 Å². The van der Waals surface area contributed by atoms with Gasteiger partial charge in [0.25, 0.3) is 0 Å². The van der Waals surface area contributed by atoms with E-state index in [-0.39, 0.29) is 70.3 Å². The molecule has 12 nitrogen and oxygen atoms in total. The number of nitrogens with zero attached hydrogens (tertiary/aromatic N) is 3. The Kier molecular flexibility index (Phi) is 13.5. The van der Waals surface area contributed by atoms with Gasteiger partial charge in [0.2, 0.25) is 17.8 Å².